The fourth-order valence-corrected chi connectivity index (χ4v) is 3.29. The van der Waals surface area contributed by atoms with Crippen LogP contribution in [0, 0.1) is 0 Å². The van der Waals surface area contributed by atoms with Gasteiger partial charge in [-0.25, -0.2) is 8.42 Å². The number of amides is 1. The van der Waals surface area contributed by atoms with Crippen LogP contribution in [-0.2, 0) is 14.8 Å². The topological polar surface area (TPSA) is 57.7 Å². The van der Waals surface area contributed by atoms with E-state index in [1.54, 1.807) is 4.90 Å². The average molecular weight is 260 g/mol. The van der Waals surface area contributed by atoms with Crippen LogP contribution in [0.4, 0.5) is 0 Å². The molecule has 1 amide bonds. The lowest BCUT2D eigenvalue weighted by Gasteiger charge is -2.23. The van der Waals surface area contributed by atoms with Crippen molar-refractivity contribution in [1.82, 2.24) is 9.21 Å². The van der Waals surface area contributed by atoms with Crippen molar-refractivity contribution in [1.29, 1.82) is 0 Å². The van der Waals surface area contributed by atoms with E-state index in [9.17, 15) is 13.2 Å². The summed E-state index contributed by atoms with van der Waals surface area (Å²) in [5, 5.41) is 0. The summed E-state index contributed by atoms with van der Waals surface area (Å²) in [7, 11) is -3.19. The highest BCUT2D eigenvalue weighted by atomic mass is 32.2. The molecule has 5 nitrogen and oxygen atoms in total. The van der Waals surface area contributed by atoms with Gasteiger partial charge in [-0.15, -0.1) is 0 Å². The molecule has 1 fully saturated rings. The Morgan fingerprint density at radius 1 is 1.47 bits per heavy atom. The Kier molecular flexibility index (Phi) is 4.70. The summed E-state index contributed by atoms with van der Waals surface area (Å²) in [6, 6.07) is 0. The molecule has 0 bridgehead atoms. The fourth-order valence-electron chi connectivity index (χ4n) is 1.82. The molecule has 0 radical (unpaired) electrons. The van der Waals surface area contributed by atoms with E-state index < -0.39 is 10.0 Å². The summed E-state index contributed by atoms with van der Waals surface area (Å²) in [4.78, 5) is 13.6. The molecule has 0 aromatic heterocycles. The normalized spacial score (nSPS) is 19.2. The summed E-state index contributed by atoms with van der Waals surface area (Å²) in [5.74, 6) is 0.00774. The van der Waals surface area contributed by atoms with Gasteiger partial charge in [0.05, 0.1) is 12.3 Å². The molecule has 1 aliphatic heterocycles. The van der Waals surface area contributed by atoms with Crippen LogP contribution < -0.4 is 0 Å². The van der Waals surface area contributed by atoms with E-state index >= 15 is 0 Å². The molecule has 0 spiro atoms. The van der Waals surface area contributed by atoms with Gasteiger partial charge < -0.3 is 4.90 Å². The van der Waals surface area contributed by atoms with Gasteiger partial charge in [0.2, 0.25) is 15.9 Å². The quantitative estimate of drug-likeness (QED) is 0.674. The van der Waals surface area contributed by atoms with E-state index in [1.165, 1.54) is 4.31 Å². The first kappa shape index (κ1) is 14.2. The zero-order valence-corrected chi connectivity index (χ0v) is 11.3. The number of likely N-dealkylation sites (N-methyl/N-ethyl adjacent to an activating group) is 1. The Morgan fingerprint density at radius 2 is 2.12 bits per heavy atom. The van der Waals surface area contributed by atoms with Crippen molar-refractivity contribution in [2.45, 2.75) is 20.3 Å². The number of hydrogen-bond donors (Lipinski definition) is 0. The zero-order valence-electron chi connectivity index (χ0n) is 10.5. The second-order valence-electron chi connectivity index (χ2n) is 4.37. The predicted molar refractivity (Wildman–Crippen MR) is 67.0 cm³/mol. The van der Waals surface area contributed by atoms with Crippen LogP contribution in [0.5, 0.6) is 0 Å². The number of sulfonamides is 1. The molecular formula is C11H20N2O3S. The van der Waals surface area contributed by atoms with E-state index in [4.69, 9.17) is 0 Å². The number of hydrogen-bond acceptors (Lipinski definition) is 3. The molecule has 0 aromatic rings. The highest BCUT2D eigenvalue weighted by molar-refractivity contribution is 7.89. The standard InChI is InChI=1S/C11H20N2O3S/c1-4-12(8-10(2)3)11(14)9-13-6-5-7-17(13,15)16/h2,4-9H2,1,3H3. The fraction of sp³-hybridized carbons (Fsp3) is 0.727. The smallest absolute Gasteiger partial charge is 0.238 e. The minimum atomic E-state index is -3.19. The Labute approximate surface area is 103 Å². The highest BCUT2D eigenvalue weighted by Crippen LogP contribution is 2.13. The molecule has 1 heterocycles. The second-order valence-corrected chi connectivity index (χ2v) is 6.46. The monoisotopic (exact) mass is 260 g/mol. The van der Waals surface area contributed by atoms with E-state index in [1.807, 2.05) is 13.8 Å². The van der Waals surface area contributed by atoms with Crippen molar-refractivity contribution in [3.05, 3.63) is 12.2 Å². The Morgan fingerprint density at radius 3 is 2.53 bits per heavy atom. The van der Waals surface area contributed by atoms with E-state index in [2.05, 4.69) is 6.58 Å². The lowest BCUT2D eigenvalue weighted by Crippen LogP contribution is -2.41. The average Bonchev–Trinajstić information content (AvgIpc) is 2.54. The first-order valence-corrected chi connectivity index (χ1v) is 7.37. The van der Waals surface area contributed by atoms with E-state index in [-0.39, 0.29) is 18.2 Å². The van der Waals surface area contributed by atoms with Gasteiger partial charge in [-0.05, 0) is 20.3 Å². The van der Waals surface area contributed by atoms with Gasteiger partial charge in [0, 0.05) is 19.6 Å². The summed E-state index contributed by atoms with van der Waals surface area (Å²) < 4.78 is 24.4. The predicted octanol–water partition coefficient (Wildman–Crippen LogP) is 0.446. The largest absolute Gasteiger partial charge is 0.338 e. The second kappa shape index (κ2) is 5.64. The van der Waals surface area contributed by atoms with Crippen LogP contribution in [-0.4, -0.2) is 55.5 Å². The maximum absolute atomic E-state index is 11.9. The minimum absolute atomic E-state index is 0.0382. The first-order chi connectivity index (χ1) is 7.86. The molecule has 0 N–H and O–H groups in total. The van der Waals surface area contributed by atoms with Gasteiger partial charge in [-0.3, -0.25) is 4.79 Å². The molecule has 0 aliphatic carbocycles. The van der Waals surface area contributed by atoms with Crippen molar-refractivity contribution in [2.24, 2.45) is 0 Å². The van der Waals surface area contributed by atoms with Crippen LogP contribution in [0.15, 0.2) is 12.2 Å². The third kappa shape index (κ3) is 3.81. The van der Waals surface area contributed by atoms with E-state index in [0.717, 1.165) is 5.57 Å². The molecule has 17 heavy (non-hydrogen) atoms. The summed E-state index contributed by atoms with van der Waals surface area (Å²) in [6.07, 6.45) is 0.613. The van der Waals surface area contributed by atoms with Gasteiger partial charge in [-0.1, -0.05) is 12.2 Å². The number of rotatable bonds is 5. The van der Waals surface area contributed by atoms with Crippen molar-refractivity contribution >= 4 is 15.9 Å². The Hall–Kier alpha value is -0.880. The minimum Gasteiger partial charge on any atom is -0.338 e. The van der Waals surface area contributed by atoms with Crippen LogP contribution in [0.25, 0.3) is 0 Å². The first-order valence-electron chi connectivity index (χ1n) is 5.76. The molecule has 6 heteroatoms. The van der Waals surface area contributed by atoms with Gasteiger partial charge >= 0.3 is 0 Å². The van der Waals surface area contributed by atoms with Crippen molar-refractivity contribution < 1.29 is 13.2 Å². The van der Waals surface area contributed by atoms with Crippen LogP contribution in [0.1, 0.15) is 20.3 Å². The molecular weight excluding hydrogens is 240 g/mol. The third-order valence-electron chi connectivity index (χ3n) is 2.71. The number of nitrogens with zero attached hydrogens (tertiary/aromatic N) is 2. The zero-order chi connectivity index (χ0) is 13.1. The molecule has 98 valence electrons. The maximum Gasteiger partial charge on any atom is 0.238 e. The molecule has 1 saturated heterocycles. The van der Waals surface area contributed by atoms with Crippen molar-refractivity contribution in [2.75, 3.05) is 31.9 Å². The molecule has 0 unspecified atom stereocenters. The lowest BCUT2D eigenvalue weighted by atomic mass is 10.3. The van der Waals surface area contributed by atoms with Gasteiger partial charge in [-0.2, -0.15) is 4.31 Å². The molecule has 0 saturated carbocycles. The van der Waals surface area contributed by atoms with Crippen LogP contribution in [0.3, 0.4) is 0 Å². The molecule has 1 rings (SSSR count). The SMILES string of the molecule is C=C(C)CN(CC)C(=O)CN1CCCS1(=O)=O. The van der Waals surface area contributed by atoms with Crippen LogP contribution >= 0.6 is 0 Å². The Bertz CT molecular complexity index is 403. The van der Waals surface area contributed by atoms with Crippen molar-refractivity contribution in [3.63, 3.8) is 0 Å². The highest BCUT2D eigenvalue weighted by Gasteiger charge is 2.30. The molecule has 1 aliphatic rings. The summed E-state index contributed by atoms with van der Waals surface area (Å²) >= 11 is 0. The third-order valence-corrected chi connectivity index (χ3v) is 4.61. The van der Waals surface area contributed by atoms with Crippen LogP contribution in [0.2, 0.25) is 0 Å². The van der Waals surface area contributed by atoms with Gasteiger partial charge in [0.1, 0.15) is 0 Å². The number of carbonyl (C=O) groups excluding carboxylic acids is 1. The van der Waals surface area contributed by atoms with Gasteiger partial charge in [0.25, 0.3) is 0 Å². The lowest BCUT2D eigenvalue weighted by molar-refractivity contribution is -0.130. The van der Waals surface area contributed by atoms with E-state index in [0.29, 0.717) is 26.1 Å². The summed E-state index contributed by atoms with van der Waals surface area (Å²) in [6.45, 7) is 8.96. The Balaban J connectivity index is 2.61. The maximum atomic E-state index is 11.9. The number of carbonyl (C=O) groups is 1. The van der Waals surface area contributed by atoms with Crippen molar-refractivity contribution in [3.8, 4) is 0 Å². The molecule has 0 atom stereocenters. The van der Waals surface area contributed by atoms with Gasteiger partial charge in [0.15, 0.2) is 0 Å². The molecule has 0 aromatic carbocycles. The summed E-state index contributed by atoms with van der Waals surface area (Å²) in [5.41, 5.74) is 0.893.